The van der Waals surface area contributed by atoms with Gasteiger partial charge in [-0.25, -0.2) is 4.89 Å². The molecule has 2 rings (SSSR count). The lowest BCUT2D eigenvalue weighted by molar-refractivity contribution is -0.429. The van der Waals surface area contributed by atoms with Crippen LogP contribution in [0.2, 0.25) is 0 Å². The number of carbonyl (C=O) groups is 4. The van der Waals surface area contributed by atoms with Gasteiger partial charge in [-0.2, -0.15) is 0 Å². The Hall–Kier alpha value is -2.86. The molecule has 0 saturated carbocycles. The fourth-order valence-electron chi connectivity index (χ4n) is 3.83. The van der Waals surface area contributed by atoms with Gasteiger partial charge in [-0.3, -0.25) is 24.4 Å². The van der Waals surface area contributed by atoms with Gasteiger partial charge in [-0.05, 0) is 25.0 Å². The van der Waals surface area contributed by atoms with E-state index in [9.17, 15) is 29.5 Å². The summed E-state index contributed by atoms with van der Waals surface area (Å²) >= 11 is 0. The number of carbonyl (C=O) groups excluding carboxylic acids is 4. The molecule has 5 atom stereocenters. The van der Waals surface area contributed by atoms with Gasteiger partial charge in [-0.15, -0.1) is 0 Å². The summed E-state index contributed by atoms with van der Waals surface area (Å²) < 4.78 is 21.7. The van der Waals surface area contributed by atoms with E-state index in [4.69, 9.17) is 18.9 Å². The van der Waals surface area contributed by atoms with Gasteiger partial charge in [-0.1, -0.05) is 24.3 Å². The predicted octanol–water partition coefficient (Wildman–Crippen LogP) is 0.783. The molecule has 2 N–H and O–H groups in total. The van der Waals surface area contributed by atoms with E-state index in [1.807, 2.05) is 0 Å². The summed E-state index contributed by atoms with van der Waals surface area (Å²) in [5, 5.41) is 20.5. The molecule has 176 valence electrons. The van der Waals surface area contributed by atoms with Crippen LogP contribution in [0.5, 0.6) is 0 Å². The monoisotopic (exact) mass is 454 g/mol. The summed E-state index contributed by atoms with van der Waals surface area (Å²) in [5.74, 6) is -3.51. The SMILES string of the molecule is CC(=O)OC[C@@]1(c2ccccc2C)O[C@@H](O)[C@@](OO)(C(C)=O)[C@@H](OC(C)=O)[C@@H]1OC(C)=O. The Morgan fingerprint density at radius 3 is 2.00 bits per heavy atom. The highest BCUT2D eigenvalue weighted by Gasteiger charge is 2.70. The molecule has 0 amide bonds. The second-order valence-electron chi connectivity index (χ2n) is 7.46. The van der Waals surface area contributed by atoms with E-state index in [0.717, 1.165) is 27.7 Å². The van der Waals surface area contributed by atoms with Crippen molar-refractivity contribution in [2.24, 2.45) is 0 Å². The standard InChI is InChI=1S/C21H26O11/c1-11-8-6-7-9-16(11)20(10-28-13(3)23)17(29-14(4)24)18(30-15(5)25)21(32-27,12(2)22)19(26)31-20/h6-9,17-19,26-27H,10H2,1-5H3/t17-,18-,19+,20-,21+/m0/s1. The minimum absolute atomic E-state index is 0.304. The summed E-state index contributed by atoms with van der Waals surface area (Å²) in [6.07, 6.45) is -5.80. The molecule has 0 spiro atoms. The molecular formula is C21H26O11. The molecule has 0 aromatic heterocycles. The molecule has 11 heteroatoms. The Labute approximate surface area is 184 Å². The number of aliphatic hydroxyl groups is 1. The first-order valence-electron chi connectivity index (χ1n) is 9.65. The van der Waals surface area contributed by atoms with E-state index in [1.54, 1.807) is 31.2 Å². The van der Waals surface area contributed by atoms with Crippen LogP contribution >= 0.6 is 0 Å². The average molecular weight is 454 g/mol. The van der Waals surface area contributed by atoms with Crippen molar-refractivity contribution < 1.29 is 53.4 Å². The Kier molecular flexibility index (Phi) is 7.73. The summed E-state index contributed by atoms with van der Waals surface area (Å²) in [6, 6.07) is 6.57. The van der Waals surface area contributed by atoms with E-state index < -0.39 is 60.0 Å². The maximum Gasteiger partial charge on any atom is 0.303 e. The Morgan fingerprint density at radius 2 is 1.53 bits per heavy atom. The quantitative estimate of drug-likeness (QED) is 0.260. The van der Waals surface area contributed by atoms with Gasteiger partial charge in [0.05, 0.1) is 0 Å². The average Bonchev–Trinajstić information content (AvgIpc) is 2.68. The summed E-state index contributed by atoms with van der Waals surface area (Å²) in [6.45, 7) is 5.24. The molecule has 1 saturated heterocycles. The van der Waals surface area contributed by atoms with Gasteiger partial charge in [0.2, 0.25) is 0 Å². The Balaban J connectivity index is 2.87. The van der Waals surface area contributed by atoms with Crippen molar-refractivity contribution in [2.75, 3.05) is 6.61 Å². The van der Waals surface area contributed by atoms with Crippen molar-refractivity contribution in [3.8, 4) is 0 Å². The number of ketones is 1. The highest BCUT2D eigenvalue weighted by molar-refractivity contribution is 5.87. The predicted molar refractivity (Wildman–Crippen MR) is 105 cm³/mol. The van der Waals surface area contributed by atoms with Crippen molar-refractivity contribution in [2.45, 2.75) is 64.3 Å². The molecule has 1 aliphatic heterocycles. The van der Waals surface area contributed by atoms with Gasteiger partial charge in [0, 0.05) is 20.8 Å². The highest BCUT2D eigenvalue weighted by Crippen LogP contribution is 2.47. The van der Waals surface area contributed by atoms with Crippen LogP contribution in [-0.2, 0) is 48.6 Å². The molecule has 0 aliphatic carbocycles. The van der Waals surface area contributed by atoms with Crippen molar-refractivity contribution in [1.29, 1.82) is 0 Å². The lowest BCUT2D eigenvalue weighted by atomic mass is 9.73. The summed E-state index contributed by atoms with van der Waals surface area (Å²) in [4.78, 5) is 52.5. The first kappa shape index (κ1) is 25.4. The van der Waals surface area contributed by atoms with E-state index >= 15 is 0 Å². The van der Waals surface area contributed by atoms with Gasteiger partial charge in [0.15, 0.2) is 29.9 Å². The third-order valence-corrected chi connectivity index (χ3v) is 5.22. The van der Waals surface area contributed by atoms with Crippen LogP contribution in [-0.4, -0.2) is 64.8 Å². The topological polar surface area (TPSA) is 155 Å². The number of aryl methyl sites for hydroxylation is 1. The van der Waals surface area contributed by atoms with Crippen molar-refractivity contribution in [1.82, 2.24) is 0 Å². The lowest BCUT2D eigenvalue weighted by Gasteiger charge is -2.53. The van der Waals surface area contributed by atoms with E-state index in [0.29, 0.717) is 11.1 Å². The Morgan fingerprint density at radius 1 is 0.969 bits per heavy atom. The minimum atomic E-state index is -2.66. The second-order valence-corrected chi connectivity index (χ2v) is 7.46. The zero-order valence-electron chi connectivity index (χ0n) is 18.3. The van der Waals surface area contributed by atoms with Gasteiger partial charge in [0.25, 0.3) is 5.60 Å². The van der Waals surface area contributed by atoms with Gasteiger partial charge >= 0.3 is 17.9 Å². The van der Waals surface area contributed by atoms with Crippen LogP contribution < -0.4 is 0 Å². The Bertz CT molecular complexity index is 897. The molecule has 1 fully saturated rings. The van der Waals surface area contributed by atoms with Crippen LogP contribution in [0, 0.1) is 6.92 Å². The third kappa shape index (κ3) is 4.51. The molecule has 0 unspecified atom stereocenters. The molecule has 32 heavy (non-hydrogen) atoms. The first-order valence-corrected chi connectivity index (χ1v) is 9.65. The van der Waals surface area contributed by atoms with Crippen molar-refractivity contribution in [3.63, 3.8) is 0 Å². The summed E-state index contributed by atoms with van der Waals surface area (Å²) in [7, 11) is 0. The van der Waals surface area contributed by atoms with E-state index in [2.05, 4.69) is 4.89 Å². The molecule has 0 radical (unpaired) electrons. The smallest absolute Gasteiger partial charge is 0.303 e. The van der Waals surface area contributed by atoms with E-state index in [1.165, 1.54) is 0 Å². The van der Waals surface area contributed by atoms with Crippen LogP contribution in [0.3, 0.4) is 0 Å². The maximum atomic E-state index is 12.5. The number of Topliss-reactive ketones (excluding diaryl/α,β-unsaturated/α-hetero) is 1. The minimum Gasteiger partial charge on any atom is -0.462 e. The number of hydrogen-bond donors (Lipinski definition) is 2. The van der Waals surface area contributed by atoms with Crippen LogP contribution in [0.1, 0.15) is 38.8 Å². The fourth-order valence-corrected chi connectivity index (χ4v) is 3.83. The normalized spacial score (nSPS) is 29.7. The number of rotatable bonds is 7. The van der Waals surface area contributed by atoms with Crippen LogP contribution in [0.15, 0.2) is 24.3 Å². The zero-order chi connectivity index (χ0) is 24.3. The molecule has 11 nitrogen and oxygen atoms in total. The maximum absolute atomic E-state index is 12.5. The lowest BCUT2D eigenvalue weighted by Crippen LogP contribution is -2.75. The van der Waals surface area contributed by atoms with E-state index in [-0.39, 0.29) is 0 Å². The molecule has 0 bridgehead atoms. The third-order valence-electron chi connectivity index (χ3n) is 5.22. The van der Waals surface area contributed by atoms with Crippen molar-refractivity contribution in [3.05, 3.63) is 35.4 Å². The van der Waals surface area contributed by atoms with Gasteiger partial charge < -0.3 is 24.1 Å². The van der Waals surface area contributed by atoms with Crippen LogP contribution in [0.25, 0.3) is 0 Å². The second kappa shape index (κ2) is 9.74. The van der Waals surface area contributed by atoms with Crippen LogP contribution in [0.4, 0.5) is 0 Å². The number of esters is 3. The highest BCUT2D eigenvalue weighted by atomic mass is 17.1. The molecule has 1 aromatic carbocycles. The van der Waals surface area contributed by atoms with Gasteiger partial charge in [0.1, 0.15) is 6.61 Å². The number of hydrogen-bond acceptors (Lipinski definition) is 11. The van der Waals surface area contributed by atoms with Crippen molar-refractivity contribution >= 4 is 23.7 Å². The molecule has 1 aromatic rings. The zero-order valence-corrected chi connectivity index (χ0v) is 18.3. The number of benzene rings is 1. The largest absolute Gasteiger partial charge is 0.462 e. The molecular weight excluding hydrogens is 428 g/mol. The summed E-state index contributed by atoms with van der Waals surface area (Å²) in [5.41, 5.74) is -3.72. The first-order chi connectivity index (χ1) is 14.9. The molecule has 1 heterocycles. The number of ether oxygens (including phenoxy) is 4. The number of aliphatic hydroxyl groups excluding tert-OH is 1. The molecule has 1 aliphatic rings. The fraction of sp³-hybridized carbons (Fsp3) is 0.524.